The van der Waals surface area contributed by atoms with Crippen LogP contribution in [0.25, 0.3) is 0 Å². The summed E-state index contributed by atoms with van der Waals surface area (Å²) in [5, 5.41) is 3.28. The zero-order valence-corrected chi connectivity index (χ0v) is 15.2. The van der Waals surface area contributed by atoms with E-state index in [9.17, 15) is 8.78 Å². The highest BCUT2D eigenvalue weighted by molar-refractivity contribution is 5.79. The van der Waals surface area contributed by atoms with Crippen LogP contribution in [0.4, 0.5) is 8.78 Å². The van der Waals surface area contributed by atoms with E-state index in [0.717, 1.165) is 57.6 Å². The van der Waals surface area contributed by atoms with Gasteiger partial charge in [0.25, 0.3) is 0 Å². The molecule has 1 aliphatic heterocycles. The second kappa shape index (κ2) is 10.3. The van der Waals surface area contributed by atoms with E-state index in [1.54, 1.807) is 0 Å². The zero-order chi connectivity index (χ0) is 18.1. The molecule has 0 aromatic heterocycles. The van der Waals surface area contributed by atoms with Crippen molar-refractivity contribution in [1.82, 2.24) is 10.2 Å². The van der Waals surface area contributed by atoms with Gasteiger partial charge in [0, 0.05) is 46.0 Å². The summed E-state index contributed by atoms with van der Waals surface area (Å²) >= 11 is 0. The molecule has 0 spiro atoms. The summed E-state index contributed by atoms with van der Waals surface area (Å²) in [5.41, 5.74) is 0.627. The van der Waals surface area contributed by atoms with E-state index in [1.165, 1.54) is 12.1 Å². The van der Waals surface area contributed by atoms with Gasteiger partial charge in [0.05, 0.1) is 0 Å². The van der Waals surface area contributed by atoms with Crippen LogP contribution in [0.5, 0.6) is 0 Å². The molecular weight excluding hydrogens is 324 g/mol. The van der Waals surface area contributed by atoms with Gasteiger partial charge < -0.3 is 15.0 Å². The quantitative estimate of drug-likeness (QED) is 0.604. The molecule has 1 aromatic carbocycles. The lowest BCUT2D eigenvalue weighted by molar-refractivity contribution is 0.0625. The summed E-state index contributed by atoms with van der Waals surface area (Å²) in [5.74, 6) is 0.472. The number of halogens is 2. The molecule has 0 bridgehead atoms. The highest BCUT2D eigenvalue weighted by Crippen LogP contribution is 2.18. The molecule has 1 heterocycles. The van der Waals surface area contributed by atoms with E-state index in [0.29, 0.717) is 24.4 Å². The van der Waals surface area contributed by atoms with Gasteiger partial charge in [0.1, 0.15) is 11.6 Å². The number of nitrogens with one attached hydrogen (secondary N) is 1. The van der Waals surface area contributed by atoms with Gasteiger partial charge in [-0.2, -0.15) is 0 Å². The van der Waals surface area contributed by atoms with Crippen LogP contribution >= 0.6 is 0 Å². The number of hydrogen-bond acceptors (Lipinski definition) is 2. The fourth-order valence-corrected chi connectivity index (χ4v) is 3.03. The third-order valence-electron chi connectivity index (χ3n) is 4.49. The summed E-state index contributed by atoms with van der Waals surface area (Å²) in [6, 6.07) is 3.61. The molecule has 25 heavy (non-hydrogen) atoms. The topological polar surface area (TPSA) is 36.9 Å². The fraction of sp³-hybridized carbons (Fsp3) is 0.632. The summed E-state index contributed by atoms with van der Waals surface area (Å²) in [6.07, 6.45) is 3.90. The average molecular weight is 353 g/mol. The number of aliphatic imine (C=N–C) groups is 1. The molecule has 0 atom stereocenters. The first-order chi connectivity index (χ1) is 12.1. The maximum atomic E-state index is 13.2. The van der Waals surface area contributed by atoms with Crippen LogP contribution in [0.3, 0.4) is 0 Å². The minimum Gasteiger partial charge on any atom is -0.381 e. The van der Waals surface area contributed by atoms with E-state index in [2.05, 4.69) is 15.2 Å². The third kappa shape index (κ3) is 6.98. The molecule has 140 valence electrons. The van der Waals surface area contributed by atoms with E-state index < -0.39 is 11.6 Å². The lowest BCUT2D eigenvalue weighted by Gasteiger charge is -2.26. The second-order valence-corrected chi connectivity index (χ2v) is 6.53. The second-order valence-electron chi connectivity index (χ2n) is 6.53. The number of hydrogen-bond donors (Lipinski definition) is 1. The molecule has 1 aliphatic rings. The van der Waals surface area contributed by atoms with Crippen molar-refractivity contribution in [3.63, 3.8) is 0 Å². The SMILES string of the molecule is CCNC(=NCCc1cc(F)cc(F)c1)N(C)CCC1CCOCC1. The molecule has 0 amide bonds. The average Bonchev–Trinajstić information content (AvgIpc) is 2.59. The molecule has 1 saturated heterocycles. The van der Waals surface area contributed by atoms with Crippen molar-refractivity contribution in [2.45, 2.75) is 32.6 Å². The molecule has 0 aliphatic carbocycles. The van der Waals surface area contributed by atoms with Crippen LogP contribution in [0.1, 0.15) is 31.7 Å². The van der Waals surface area contributed by atoms with Crippen molar-refractivity contribution >= 4 is 5.96 Å². The minimum absolute atomic E-state index is 0.493. The Balaban J connectivity index is 1.85. The monoisotopic (exact) mass is 353 g/mol. The van der Waals surface area contributed by atoms with Gasteiger partial charge in [0.15, 0.2) is 5.96 Å². The first-order valence-electron chi connectivity index (χ1n) is 9.10. The number of rotatable bonds is 7. The predicted molar refractivity (Wildman–Crippen MR) is 96.8 cm³/mol. The van der Waals surface area contributed by atoms with Gasteiger partial charge in [-0.1, -0.05) is 0 Å². The van der Waals surface area contributed by atoms with E-state index in [4.69, 9.17) is 4.74 Å². The van der Waals surface area contributed by atoms with E-state index in [-0.39, 0.29) is 0 Å². The standard InChI is InChI=1S/C19H29F2N3O/c1-3-22-19(24(2)9-5-15-6-10-25-11-7-15)23-8-4-16-12-17(20)14-18(21)13-16/h12-15H,3-11H2,1-2H3,(H,22,23). The van der Waals surface area contributed by atoms with Crippen LogP contribution in [-0.4, -0.2) is 50.8 Å². The summed E-state index contributed by atoms with van der Waals surface area (Å²) in [7, 11) is 2.03. The van der Waals surface area contributed by atoms with Gasteiger partial charge >= 0.3 is 0 Å². The van der Waals surface area contributed by atoms with Crippen LogP contribution in [0.15, 0.2) is 23.2 Å². The van der Waals surface area contributed by atoms with E-state index >= 15 is 0 Å². The molecule has 4 nitrogen and oxygen atoms in total. The van der Waals surface area contributed by atoms with Crippen LogP contribution < -0.4 is 5.32 Å². The Hall–Kier alpha value is -1.69. The molecule has 1 aromatic rings. The van der Waals surface area contributed by atoms with Gasteiger partial charge in [0.2, 0.25) is 0 Å². The molecule has 1 fully saturated rings. The Morgan fingerprint density at radius 1 is 1.24 bits per heavy atom. The molecule has 1 N–H and O–H groups in total. The molecule has 0 saturated carbocycles. The predicted octanol–water partition coefficient (Wildman–Crippen LogP) is 3.22. The van der Waals surface area contributed by atoms with E-state index in [1.807, 2.05) is 14.0 Å². The Bertz CT molecular complexity index is 539. The van der Waals surface area contributed by atoms with Gasteiger partial charge in [-0.3, -0.25) is 4.99 Å². The smallest absolute Gasteiger partial charge is 0.193 e. The van der Waals surface area contributed by atoms with Gasteiger partial charge in [-0.25, -0.2) is 8.78 Å². The van der Waals surface area contributed by atoms with Crippen molar-refractivity contribution in [3.05, 3.63) is 35.4 Å². The zero-order valence-electron chi connectivity index (χ0n) is 15.2. The lowest BCUT2D eigenvalue weighted by Crippen LogP contribution is -2.40. The fourth-order valence-electron chi connectivity index (χ4n) is 3.03. The normalized spacial score (nSPS) is 16.1. The van der Waals surface area contributed by atoms with Crippen molar-refractivity contribution in [2.24, 2.45) is 10.9 Å². The molecule has 0 radical (unpaired) electrons. The van der Waals surface area contributed by atoms with Crippen molar-refractivity contribution < 1.29 is 13.5 Å². The Morgan fingerprint density at radius 3 is 2.56 bits per heavy atom. The third-order valence-corrected chi connectivity index (χ3v) is 4.49. The maximum absolute atomic E-state index is 13.2. The molecule has 2 rings (SSSR count). The van der Waals surface area contributed by atoms with Crippen LogP contribution in [0.2, 0.25) is 0 Å². The Morgan fingerprint density at radius 2 is 1.92 bits per heavy atom. The number of nitrogens with zero attached hydrogens (tertiary/aromatic N) is 2. The summed E-state index contributed by atoms with van der Waals surface area (Å²) in [6.45, 7) is 5.98. The molecule has 6 heteroatoms. The van der Waals surface area contributed by atoms with Crippen LogP contribution in [-0.2, 0) is 11.2 Å². The van der Waals surface area contributed by atoms with Crippen molar-refractivity contribution in [3.8, 4) is 0 Å². The number of ether oxygens (including phenoxy) is 1. The van der Waals surface area contributed by atoms with Crippen molar-refractivity contribution in [2.75, 3.05) is 39.9 Å². The van der Waals surface area contributed by atoms with Gasteiger partial charge in [-0.05, 0) is 56.2 Å². The Kier molecular flexibility index (Phi) is 8.12. The molecular formula is C19H29F2N3O. The molecule has 0 unspecified atom stereocenters. The maximum Gasteiger partial charge on any atom is 0.193 e. The highest BCUT2D eigenvalue weighted by Gasteiger charge is 2.15. The van der Waals surface area contributed by atoms with Crippen molar-refractivity contribution in [1.29, 1.82) is 0 Å². The first-order valence-corrected chi connectivity index (χ1v) is 9.10. The highest BCUT2D eigenvalue weighted by atomic mass is 19.1. The van der Waals surface area contributed by atoms with Gasteiger partial charge in [-0.15, -0.1) is 0 Å². The Labute approximate surface area is 149 Å². The number of benzene rings is 1. The van der Waals surface area contributed by atoms with Crippen LogP contribution in [0, 0.1) is 17.6 Å². The minimum atomic E-state index is -0.542. The number of guanidine groups is 1. The largest absolute Gasteiger partial charge is 0.381 e. The lowest BCUT2D eigenvalue weighted by atomic mass is 9.96. The summed E-state index contributed by atoms with van der Waals surface area (Å²) < 4.78 is 31.9. The summed E-state index contributed by atoms with van der Waals surface area (Å²) in [4.78, 5) is 6.72. The first kappa shape index (κ1) is 19.6.